The van der Waals surface area contributed by atoms with Crippen molar-refractivity contribution in [1.29, 1.82) is 0 Å². The van der Waals surface area contributed by atoms with E-state index >= 15 is 0 Å². The summed E-state index contributed by atoms with van der Waals surface area (Å²) in [5, 5.41) is 2.94. The van der Waals surface area contributed by atoms with Crippen LogP contribution in [-0.4, -0.2) is 22.1 Å². The van der Waals surface area contributed by atoms with Gasteiger partial charge in [0.05, 0.1) is 0 Å². The minimum absolute atomic E-state index is 0.167. The molecule has 3 rings (SSSR count). The van der Waals surface area contributed by atoms with Crippen molar-refractivity contribution in [1.82, 2.24) is 14.9 Å². The molecule has 1 atom stereocenters. The van der Waals surface area contributed by atoms with Crippen LogP contribution in [0.15, 0.2) is 67.0 Å². The van der Waals surface area contributed by atoms with E-state index in [0.29, 0.717) is 5.75 Å². The highest BCUT2D eigenvalue weighted by Gasteiger charge is 2.20. The maximum Gasteiger partial charge on any atom is 0.258 e. The summed E-state index contributed by atoms with van der Waals surface area (Å²) in [6.07, 6.45) is 3.51. The Kier molecular flexibility index (Phi) is 5.09. The molecule has 0 spiro atoms. The molecule has 0 saturated carbocycles. The summed E-state index contributed by atoms with van der Waals surface area (Å²) in [6, 6.07) is 14.7. The molecule has 128 valence electrons. The fourth-order valence-electron chi connectivity index (χ4n) is 2.48. The van der Waals surface area contributed by atoms with Gasteiger partial charge < -0.3 is 14.6 Å². The molecule has 0 bridgehead atoms. The van der Waals surface area contributed by atoms with Crippen LogP contribution < -0.4 is 10.1 Å². The molecule has 1 heterocycles. The highest BCUT2D eigenvalue weighted by Crippen LogP contribution is 2.20. The molecule has 1 unspecified atom stereocenters. The van der Waals surface area contributed by atoms with E-state index in [1.165, 1.54) is 24.3 Å². The highest BCUT2D eigenvalue weighted by atomic mass is 19.1. The van der Waals surface area contributed by atoms with Gasteiger partial charge in [0.25, 0.3) is 5.91 Å². The molecule has 5 nitrogen and oxygen atoms in total. The maximum absolute atomic E-state index is 12.9. The zero-order valence-corrected chi connectivity index (χ0v) is 13.7. The summed E-state index contributed by atoms with van der Waals surface area (Å²) >= 11 is 0. The van der Waals surface area contributed by atoms with E-state index in [-0.39, 0.29) is 24.4 Å². The average Bonchev–Trinajstić information content (AvgIpc) is 3.06. The minimum Gasteiger partial charge on any atom is -0.484 e. The highest BCUT2D eigenvalue weighted by molar-refractivity contribution is 5.78. The largest absolute Gasteiger partial charge is 0.484 e. The van der Waals surface area contributed by atoms with Gasteiger partial charge in [-0.2, -0.15) is 0 Å². The van der Waals surface area contributed by atoms with Gasteiger partial charge >= 0.3 is 0 Å². The molecule has 25 heavy (non-hydrogen) atoms. The van der Waals surface area contributed by atoms with Crippen LogP contribution >= 0.6 is 0 Å². The summed E-state index contributed by atoms with van der Waals surface area (Å²) < 4.78 is 20.2. The molecule has 1 aromatic heterocycles. The Bertz CT molecular complexity index is 831. The number of nitrogens with zero attached hydrogens (tertiary/aromatic N) is 2. The second-order valence-corrected chi connectivity index (χ2v) is 5.55. The third kappa shape index (κ3) is 4.23. The van der Waals surface area contributed by atoms with Crippen LogP contribution in [-0.2, 0) is 11.8 Å². The number of halogens is 1. The number of hydrogen-bond donors (Lipinski definition) is 1. The fourth-order valence-corrected chi connectivity index (χ4v) is 2.48. The first-order chi connectivity index (χ1) is 12.1. The van der Waals surface area contributed by atoms with Crippen molar-refractivity contribution in [3.63, 3.8) is 0 Å². The van der Waals surface area contributed by atoms with Gasteiger partial charge in [-0.05, 0) is 29.8 Å². The summed E-state index contributed by atoms with van der Waals surface area (Å²) in [4.78, 5) is 16.7. The lowest BCUT2D eigenvalue weighted by Gasteiger charge is -2.19. The van der Waals surface area contributed by atoms with Crippen molar-refractivity contribution in [3.8, 4) is 5.75 Å². The van der Waals surface area contributed by atoms with E-state index in [2.05, 4.69) is 10.3 Å². The zero-order chi connectivity index (χ0) is 17.6. The quantitative estimate of drug-likeness (QED) is 0.751. The predicted molar refractivity (Wildman–Crippen MR) is 91.5 cm³/mol. The Morgan fingerprint density at radius 3 is 2.56 bits per heavy atom. The number of rotatable bonds is 6. The van der Waals surface area contributed by atoms with E-state index in [1.54, 1.807) is 6.20 Å². The van der Waals surface area contributed by atoms with Gasteiger partial charge in [-0.1, -0.05) is 30.3 Å². The van der Waals surface area contributed by atoms with Crippen LogP contribution in [0.3, 0.4) is 0 Å². The molecule has 6 heteroatoms. The number of aryl methyl sites for hydroxylation is 1. The number of imidazole rings is 1. The number of nitrogens with one attached hydrogen (secondary N) is 1. The summed E-state index contributed by atoms with van der Waals surface area (Å²) in [5.74, 6) is 0.517. The van der Waals surface area contributed by atoms with Gasteiger partial charge in [0.2, 0.25) is 0 Å². The Morgan fingerprint density at radius 2 is 1.92 bits per heavy atom. The number of benzene rings is 2. The number of ether oxygens (including phenoxy) is 1. The summed E-state index contributed by atoms with van der Waals surface area (Å²) in [6.45, 7) is -0.167. The SMILES string of the molecule is Cn1ccnc1C(NC(=O)COc1ccc(F)cc1)c1ccccc1. The van der Waals surface area contributed by atoms with Crippen molar-refractivity contribution in [3.05, 3.63) is 84.2 Å². The number of amides is 1. The van der Waals surface area contributed by atoms with Crippen molar-refractivity contribution in [2.24, 2.45) is 7.05 Å². The van der Waals surface area contributed by atoms with Crippen LogP contribution in [0.25, 0.3) is 0 Å². The predicted octanol–water partition coefficient (Wildman–Crippen LogP) is 2.84. The number of carbonyl (C=O) groups excluding carboxylic acids is 1. The third-order valence-corrected chi connectivity index (χ3v) is 3.74. The van der Waals surface area contributed by atoms with Crippen molar-refractivity contribution >= 4 is 5.91 Å². The number of hydrogen-bond acceptors (Lipinski definition) is 3. The lowest BCUT2D eigenvalue weighted by molar-refractivity contribution is -0.123. The minimum atomic E-state index is -0.384. The average molecular weight is 339 g/mol. The molecule has 0 fully saturated rings. The molecule has 1 amide bonds. The Morgan fingerprint density at radius 1 is 1.20 bits per heavy atom. The monoisotopic (exact) mass is 339 g/mol. The van der Waals surface area contributed by atoms with Crippen molar-refractivity contribution in [2.75, 3.05) is 6.61 Å². The molecular weight excluding hydrogens is 321 g/mol. The van der Waals surface area contributed by atoms with Crippen LogP contribution in [0.4, 0.5) is 4.39 Å². The first-order valence-electron chi connectivity index (χ1n) is 7.83. The second-order valence-electron chi connectivity index (χ2n) is 5.55. The fraction of sp³-hybridized carbons (Fsp3) is 0.158. The zero-order valence-electron chi connectivity index (χ0n) is 13.7. The van der Waals surface area contributed by atoms with Crippen molar-refractivity contribution in [2.45, 2.75) is 6.04 Å². The maximum atomic E-state index is 12.9. The Balaban J connectivity index is 1.71. The number of aromatic nitrogens is 2. The lowest BCUT2D eigenvalue weighted by atomic mass is 10.1. The molecule has 0 aliphatic carbocycles. The molecular formula is C19H18FN3O2. The standard InChI is InChI=1S/C19H18FN3O2/c1-23-12-11-21-19(23)18(14-5-3-2-4-6-14)22-17(24)13-25-16-9-7-15(20)8-10-16/h2-12,18H,13H2,1H3,(H,22,24). The Labute approximate surface area is 145 Å². The topological polar surface area (TPSA) is 56.2 Å². The first-order valence-corrected chi connectivity index (χ1v) is 7.83. The molecule has 1 N–H and O–H groups in total. The van der Waals surface area contributed by atoms with E-state index in [0.717, 1.165) is 11.4 Å². The normalized spacial score (nSPS) is 11.8. The van der Waals surface area contributed by atoms with E-state index in [4.69, 9.17) is 4.74 Å². The van der Waals surface area contributed by atoms with E-state index in [9.17, 15) is 9.18 Å². The van der Waals surface area contributed by atoms with Gasteiger partial charge in [0, 0.05) is 19.4 Å². The van der Waals surface area contributed by atoms with Crippen molar-refractivity contribution < 1.29 is 13.9 Å². The van der Waals surface area contributed by atoms with Gasteiger partial charge in [0.1, 0.15) is 23.4 Å². The molecule has 2 aromatic carbocycles. The lowest BCUT2D eigenvalue weighted by Crippen LogP contribution is -2.34. The number of carbonyl (C=O) groups is 1. The summed E-state index contributed by atoms with van der Waals surface area (Å²) in [7, 11) is 1.87. The molecule has 0 radical (unpaired) electrons. The van der Waals surface area contributed by atoms with Crippen LogP contribution in [0.2, 0.25) is 0 Å². The van der Waals surface area contributed by atoms with Gasteiger partial charge in [0.15, 0.2) is 6.61 Å². The second kappa shape index (κ2) is 7.61. The van der Waals surface area contributed by atoms with E-state index < -0.39 is 0 Å². The first kappa shape index (κ1) is 16.7. The van der Waals surface area contributed by atoms with Crippen LogP contribution in [0, 0.1) is 5.82 Å². The molecule has 0 aliphatic heterocycles. The van der Waals surface area contributed by atoms with Gasteiger partial charge in [-0.25, -0.2) is 9.37 Å². The van der Waals surface area contributed by atoms with Gasteiger partial charge in [-0.15, -0.1) is 0 Å². The van der Waals surface area contributed by atoms with Crippen LogP contribution in [0.5, 0.6) is 5.75 Å². The van der Waals surface area contributed by atoms with E-state index in [1.807, 2.05) is 48.1 Å². The molecule has 0 saturated heterocycles. The van der Waals surface area contributed by atoms with Crippen LogP contribution in [0.1, 0.15) is 17.4 Å². The van der Waals surface area contributed by atoms with Gasteiger partial charge in [-0.3, -0.25) is 4.79 Å². The molecule has 3 aromatic rings. The molecule has 0 aliphatic rings. The Hall–Kier alpha value is -3.15. The summed E-state index contributed by atoms with van der Waals surface area (Å²) in [5.41, 5.74) is 0.923. The third-order valence-electron chi connectivity index (χ3n) is 3.74. The smallest absolute Gasteiger partial charge is 0.258 e.